The Morgan fingerprint density at radius 3 is 2.47 bits per heavy atom. The third kappa shape index (κ3) is 1.84. The number of aromatic amines is 1. The second-order valence-electron chi connectivity index (χ2n) is 3.42. The van der Waals surface area contributed by atoms with E-state index in [2.05, 4.69) is 11.6 Å². The molecule has 0 saturated carbocycles. The number of benzene rings is 1. The zero-order valence-electron chi connectivity index (χ0n) is 8.55. The fraction of sp³-hybridized carbons (Fsp3) is 0.0769. The average molecular weight is 201 g/mol. The number of hydrogen-bond donors (Lipinski definition) is 1. The number of H-pyrrole nitrogens is 1. The Labute approximate surface area is 87.6 Å². The maximum atomic E-state index is 12.7. The molecule has 0 spiro atoms. The molecule has 2 heteroatoms. The summed E-state index contributed by atoms with van der Waals surface area (Å²) >= 11 is 0. The number of rotatable bonds is 1. The lowest BCUT2D eigenvalue weighted by Crippen LogP contribution is -2.19. The SMILES string of the molecule is C=c1cc(-c2ccc(F)cc2)[nH]/c1=C\C. The van der Waals surface area contributed by atoms with Gasteiger partial charge in [-0.2, -0.15) is 0 Å². The Kier molecular flexibility index (Phi) is 2.42. The van der Waals surface area contributed by atoms with Gasteiger partial charge < -0.3 is 4.98 Å². The highest BCUT2D eigenvalue weighted by atomic mass is 19.1. The molecule has 0 fully saturated rings. The van der Waals surface area contributed by atoms with Gasteiger partial charge in [0.15, 0.2) is 0 Å². The van der Waals surface area contributed by atoms with Gasteiger partial charge in [-0.3, -0.25) is 0 Å². The molecule has 1 aromatic heterocycles. The van der Waals surface area contributed by atoms with Gasteiger partial charge in [-0.05, 0) is 48.0 Å². The number of aromatic nitrogens is 1. The first-order chi connectivity index (χ1) is 7.20. The van der Waals surface area contributed by atoms with Gasteiger partial charge in [0, 0.05) is 11.0 Å². The molecular formula is C13H12FN. The summed E-state index contributed by atoms with van der Waals surface area (Å²) in [5.41, 5.74) is 1.93. The first kappa shape index (κ1) is 9.71. The lowest BCUT2D eigenvalue weighted by Gasteiger charge is -1.96. The van der Waals surface area contributed by atoms with Gasteiger partial charge in [0.25, 0.3) is 0 Å². The van der Waals surface area contributed by atoms with Crippen LogP contribution >= 0.6 is 0 Å². The van der Waals surface area contributed by atoms with Gasteiger partial charge in [-0.15, -0.1) is 0 Å². The second kappa shape index (κ2) is 3.73. The molecule has 2 aromatic rings. The summed E-state index contributed by atoms with van der Waals surface area (Å²) in [6.45, 7) is 5.87. The molecule has 0 amide bonds. The van der Waals surface area contributed by atoms with Crippen molar-refractivity contribution in [1.29, 1.82) is 0 Å². The minimum Gasteiger partial charge on any atom is -0.355 e. The van der Waals surface area contributed by atoms with E-state index in [9.17, 15) is 4.39 Å². The highest BCUT2D eigenvalue weighted by Crippen LogP contribution is 2.14. The minimum absolute atomic E-state index is 0.220. The summed E-state index contributed by atoms with van der Waals surface area (Å²) in [6, 6.07) is 8.37. The van der Waals surface area contributed by atoms with E-state index in [-0.39, 0.29) is 5.82 Å². The van der Waals surface area contributed by atoms with Crippen LogP contribution in [-0.2, 0) is 0 Å². The average Bonchev–Trinajstić information content (AvgIpc) is 2.61. The predicted octanol–water partition coefficient (Wildman–Crippen LogP) is 2.03. The van der Waals surface area contributed by atoms with Crippen molar-refractivity contribution in [3.63, 3.8) is 0 Å². The van der Waals surface area contributed by atoms with E-state index in [1.165, 1.54) is 12.1 Å². The molecule has 15 heavy (non-hydrogen) atoms. The van der Waals surface area contributed by atoms with Crippen molar-refractivity contribution in [1.82, 2.24) is 4.98 Å². The topological polar surface area (TPSA) is 15.8 Å². The van der Waals surface area contributed by atoms with E-state index in [0.717, 1.165) is 21.8 Å². The van der Waals surface area contributed by atoms with Crippen molar-refractivity contribution < 1.29 is 4.39 Å². The normalized spacial score (nSPS) is 12.0. The van der Waals surface area contributed by atoms with Crippen LogP contribution in [-0.4, -0.2) is 4.98 Å². The fourth-order valence-corrected chi connectivity index (χ4v) is 1.56. The van der Waals surface area contributed by atoms with Crippen molar-refractivity contribution in [3.05, 3.63) is 46.7 Å². The summed E-state index contributed by atoms with van der Waals surface area (Å²) in [5.74, 6) is -0.220. The van der Waals surface area contributed by atoms with Crippen LogP contribution in [0.3, 0.4) is 0 Å². The lowest BCUT2D eigenvalue weighted by molar-refractivity contribution is 0.628. The molecular weight excluding hydrogens is 189 g/mol. The molecule has 0 aliphatic heterocycles. The van der Waals surface area contributed by atoms with Crippen LogP contribution in [0.2, 0.25) is 0 Å². The van der Waals surface area contributed by atoms with E-state index in [4.69, 9.17) is 0 Å². The molecule has 0 atom stereocenters. The highest BCUT2D eigenvalue weighted by Gasteiger charge is 1.99. The maximum Gasteiger partial charge on any atom is 0.123 e. The van der Waals surface area contributed by atoms with Gasteiger partial charge in [-0.25, -0.2) is 4.39 Å². The van der Waals surface area contributed by atoms with E-state index < -0.39 is 0 Å². The van der Waals surface area contributed by atoms with Gasteiger partial charge in [0.05, 0.1) is 0 Å². The van der Waals surface area contributed by atoms with Crippen LogP contribution in [0.5, 0.6) is 0 Å². The summed E-state index contributed by atoms with van der Waals surface area (Å²) < 4.78 is 12.7. The van der Waals surface area contributed by atoms with Gasteiger partial charge >= 0.3 is 0 Å². The maximum absolute atomic E-state index is 12.7. The Hall–Kier alpha value is -1.83. The molecule has 2 rings (SSSR count). The highest BCUT2D eigenvalue weighted by molar-refractivity contribution is 5.59. The monoisotopic (exact) mass is 201 g/mol. The lowest BCUT2D eigenvalue weighted by atomic mass is 10.1. The van der Waals surface area contributed by atoms with Gasteiger partial charge in [-0.1, -0.05) is 12.7 Å². The van der Waals surface area contributed by atoms with Crippen LogP contribution in [0.1, 0.15) is 6.92 Å². The van der Waals surface area contributed by atoms with Crippen LogP contribution in [0, 0.1) is 5.82 Å². The van der Waals surface area contributed by atoms with Gasteiger partial charge in [0.1, 0.15) is 5.82 Å². The molecule has 76 valence electrons. The standard InChI is InChI=1S/C13H12FN/c1-3-12-9(2)8-13(15-12)10-4-6-11(14)7-5-10/h3-8,15H,2H2,1H3/b12-3-. The molecule has 1 aromatic carbocycles. The summed E-state index contributed by atoms with van der Waals surface area (Å²) in [5, 5.41) is 1.96. The van der Waals surface area contributed by atoms with Crippen LogP contribution < -0.4 is 10.6 Å². The Morgan fingerprint density at radius 2 is 1.93 bits per heavy atom. The summed E-state index contributed by atoms with van der Waals surface area (Å²) in [7, 11) is 0. The zero-order valence-corrected chi connectivity index (χ0v) is 8.55. The van der Waals surface area contributed by atoms with Crippen molar-refractivity contribution >= 4 is 12.7 Å². The Balaban J connectivity index is 2.55. The molecule has 0 radical (unpaired) electrons. The smallest absolute Gasteiger partial charge is 0.123 e. The quantitative estimate of drug-likeness (QED) is 0.726. The first-order valence-electron chi connectivity index (χ1n) is 4.81. The summed E-state index contributed by atoms with van der Waals surface area (Å²) in [6.07, 6.45) is 1.97. The van der Waals surface area contributed by atoms with Crippen molar-refractivity contribution in [2.45, 2.75) is 6.92 Å². The van der Waals surface area contributed by atoms with Crippen molar-refractivity contribution in [3.8, 4) is 11.3 Å². The van der Waals surface area contributed by atoms with Crippen LogP contribution in [0.25, 0.3) is 23.9 Å². The summed E-state index contributed by atoms with van der Waals surface area (Å²) in [4.78, 5) is 3.23. The van der Waals surface area contributed by atoms with Crippen molar-refractivity contribution in [2.24, 2.45) is 0 Å². The Bertz CT molecular complexity index is 564. The molecule has 0 saturated heterocycles. The fourth-order valence-electron chi connectivity index (χ4n) is 1.56. The third-order valence-corrected chi connectivity index (χ3v) is 2.38. The van der Waals surface area contributed by atoms with Crippen molar-refractivity contribution in [2.75, 3.05) is 0 Å². The zero-order chi connectivity index (χ0) is 10.8. The number of nitrogens with one attached hydrogen (secondary N) is 1. The molecule has 1 heterocycles. The van der Waals surface area contributed by atoms with E-state index >= 15 is 0 Å². The molecule has 0 bridgehead atoms. The number of hydrogen-bond acceptors (Lipinski definition) is 0. The Morgan fingerprint density at radius 1 is 1.27 bits per heavy atom. The number of halogens is 1. The van der Waals surface area contributed by atoms with Crippen LogP contribution in [0.15, 0.2) is 30.3 Å². The largest absolute Gasteiger partial charge is 0.355 e. The molecule has 1 N–H and O–H groups in total. The minimum atomic E-state index is -0.220. The first-order valence-corrected chi connectivity index (χ1v) is 4.81. The predicted molar refractivity (Wildman–Crippen MR) is 61.1 cm³/mol. The molecule has 0 aliphatic rings. The molecule has 0 aliphatic carbocycles. The van der Waals surface area contributed by atoms with E-state index in [1.807, 2.05) is 19.1 Å². The van der Waals surface area contributed by atoms with E-state index in [0.29, 0.717) is 0 Å². The second-order valence-corrected chi connectivity index (χ2v) is 3.42. The van der Waals surface area contributed by atoms with Crippen LogP contribution in [0.4, 0.5) is 4.39 Å². The third-order valence-electron chi connectivity index (χ3n) is 2.38. The molecule has 1 nitrogen and oxygen atoms in total. The van der Waals surface area contributed by atoms with E-state index in [1.54, 1.807) is 12.1 Å². The molecule has 0 unspecified atom stereocenters. The van der Waals surface area contributed by atoms with Gasteiger partial charge in [0.2, 0.25) is 0 Å².